The fraction of sp³-hybridized carbons (Fsp3) is 0.600. The van der Waals surface area contributed by atoms with Crippen LogP contribution in [0.25, 0.3) is 0 Å². The topological polar surface area (TPSA) is 41.5 Å². The number of aryl methyl sites for hydroxylation is 1. The normalized spacial score (nSPS) is 21.6. The third-order valence-corrected chi connectivity index (χ3v) is 3.68. The molecule has 2 unspecified atom stereocenters. The van der Waals surface area contributed by atoms with Gasteiger partial charge in [-0.15, -0.1) is 0 Å². The van der Waals surface area contributed by atoms with Gasteiger partial charge in [0.25, 0.3) is 0 Å². The van der Waals surface area contributed by atoms with Crippen molar-refractivity contribution >= 4 is 0 Å². The molecular formula is C15H23NO2. The van der Waals surface area contributed by atoms with Gasteiger partial charge in [-0.3, -0.25) is 0 Å². The maximum absolute atomic E-state index is 10.3. The van der Waals surface area contributed by atoms with Gasteiger partial charge in [0.1, 0.15) is 5.75 Å². The second kappa shape index (κ2) is 6.21. The molecule has 0 aliphatic carbocycles. The zero-order valence-corrected chi connectivity index (χ0v) is 11.3. The van der Waals surface area contributed by atoms with Crippen molar-refractivity contribution < 1.29 is 9.84 Å². The number of piperidine rings is 1. The van der Waals surface area contributed by atoms with E-state index in [1.165, 1.54) is 18.4 Å². The van der Waals surface area contributed by atoms with Crippen molar-refractivity contribution in [1.29, 1.82) is 0 Å². The number of aliphatic hydroxyl groups is 1. The standard InChI is InChI=1S/C15H23NO2/c1-11-6-7-15(18-2)12(9-11)10-14(17)13-5-3-4-8-16-13/h6-7,9,13-14,16-17H,3-5,8,10H2,1-2H3. The van der Waals surface area contributed by atoms with Gasteiger partial charge in [0.05, 0.1) is 13.2 Å². The molecule has 0 saturated carbocycles. The lowest BCUT2D eigenvalue weighted by Gasteiger charge is -2.28. The van der Waals surface area contributed by atoms with Gasteiger partial charge in [-0.2, -0.15) is 0 Å². The van der Waals surface area contributed by atoms with Crippen LogP contribution in [0.3, 0.4) is 0 Å². The average Bonchev–Trinajstić information content (AvgIpc) is 2.40. The van der Waals surface area contributed by atoms with E-state index in [2.05, 4.69) is 18.3 Å². The molecule has 1 aliphatic heterocycles. The maximum Gasteiger partial charge on any atom is 0.122 e. The van der Waals surface area contributed by atoms with E-state index < -0.39 is 0 Å². The van der Waals surface area contributed by atoms with Crippen LogP contribution in [0.1, 0.15) is 30.4 Å². The molecule has 1 aliphatic rings. The molecule has 100 valence electrons. The predicted octanol–water partition coefficient (Wildman–Crippen LogP) is 2.05. The van der Waals surface area contributed by atoms with E-state index in [0.29, 0.717) is 6.42 Å². The third-order valence-electron chi connectivity index (χ3n) is 3.68. The molecule has 0 amide bonds. The highest BCUT2D eigenvalue weighted by Crippen LogP contribution is 2.23. The summed E-state index contributed by atoms with van der Waals surface area (Å²) in [5.41, 5.74) is 2.30. The van der Waals surface area contributed by atoms with Crippen LogP contribution >= 0.6 is 0 Å². The predicted molar refractivity (Wildman–Crippen MR) is 73.1 cm³/mol. The minimum absolute atomic E-state index is 0.226. The largest absolute Gasteiger partial charge is 0.496 e. The monoisotopic (exact) mass is 249 g/mol. The van der Waals surface area contributed by atoms with E-state index in [4.69, 9.17) is 4.74 Å². The number of rotatable bonds is 4. The van der Waals surface area contributed by atoms with Gasteiger partial charge < -0.3 is 15.2 Å². The van der Waals surface area contributed by atoms with Crippen LogP contribution in [0.2, 0.25) is 0 Å². The van der Waals surface area contributed by atoms with Gasteiger partial charge in [0.15, 0.2) is 0 Å². The summed E-state index contributed by atoms with van der Waals surface area (Å²) in [4.78, 5) is 0. The van der Waals surface area contributed by atoms with Gasteiger partial charge >= 0.3 is 0 Å². The summed E-state index contributed by atoms with van der Waals surface area (Å²) in [6, 6.07) is 6.34. The number of methoxy groups -OCH3 is 1. The smallest absolute Gasteiger partial charge is 0.122 e. The first-order valence-electron chi connectivity index (χ1n) is 6.75. The molecule has 2 rings (SSSR count). The van der Waals surface area contributed by atoms with Crippen LogP contribution in [0.15, 0.2) is 18.2 Å². The molecule has 1 aromatic carbocycles. The Kier molecular flexibility index (Phi) is 4.61. The fourth-order valence-corrected chi connectivity index (χ4v) is 2.64. The second-order valence-corrected chi connectivity index (χ2v) is 5.14. The number of hydrogen-bond acceptors (Lipinski definition) is 3. The molecule has 18 heavy (non-hydrogen) atoms. The second-order valence-electron chi connectivity index (χ2n) is 5.14. The van der Waals surface area contributed by atoms with E-state index in [-0.39, 0.29) is 12.1 Å². The summed E-state index contributed by atoms with van der Waals surface area (Å²) < 4.78 is 5.36. The molecule has 0 bridgehead atoms. The summed E-state index contributed by atoms with van der Waals surface area (Å²) in [5.74, 6) is 0.871. The van der Waals surface area contributed by atoms with Crippen LogP contribution < -0.4 is 10.1 Å². The zero-order valence-electron chi connectivity index (χ0n) is 11.3. The molecule has 3 heteroatoms. The lowest BCUT2D eigenvalue weighted by atomic mass is 9.94. The first-order chi connectivity index (χ1) is 8.70. The van der Waals surface area contributed by atoms with Crippen LogP contribution in [-0.4, -0.2) is 30.9 Å². The van der Waals surface area contributed by atoms with Crippen molar-refractivity contribution in [3.8, 4) is 5.75 Å². The summed E-state index contributed by atoms with van der Waals surface area (Å²) in [7, 11) is 1.68. The summed E-state index contributed by atoms with van der Waals surface area (Å²) in [6.45, 7) is 3.08. The molecule has 1 heterocycles. The van der Waals surface area contributed by atoms with Crippen LogP contribution in [0, 0.1) is 6.92 Å². The number of aliphatic hydroxyl groups excluding tert-OH is 1. The van der Waals surface area contributed by atoms with Crippen LogP contribution in [-0.2, 0) is 6.42 Å². The number of ether oxygens (including phenoxy) is 1. The van der Waals surface area contributed by atoms with Crippen molar-refractivity contribution in [2.24, 2.45) is 0 Å². The summed E-state index contributed by atoms with van der Waals surface area (Å²) in [6.07, 6.45) is 3.81. The molecular weight excluding hydrogens is 226 g/mol. The Labute approximate surface area is 109 Å². The van der Waals surface area contributed by atoms with E-state index in [1.807, 2.05) is 12.1 Å². The molecule has 0 radical (unpaired) electrons. The Bertz CT molecular complexity index is 386. The minimum Gasteiger partial charge on any atom is -0.496 e. The fourth-order valence-electron chi connectivity index (χ4n) is 2.64. The highest BCUT2D eigenvalue weighted by atomic mass is 16.5. The van der Waals surface area contributed by atoms with Gasteiger partial charge in [-0.25, -0.2) is 0 Å². The van der Waals surface area contributed by atoms with Crippen molar-refractivity contribution in [3.05, 3.63) is 29.3 Å². The molecule has 0 aromatic heterocycles. The molecule has 2 atom stereocenters. The molecule has 1 saturated heterocycles. The highest BCUT2D eigenvalue weighted by Gasteiger charge is 2.22. The molecule has 1 fully saturated rings. The Morgan fingerprint density at radius 1 is 1.44 bits per heavy atom. The Balaban J connectivity index is 2.05. The molecule has 3 nitrogen and oxygen atoms in total. The van der Waals surface area contributed by atoms with Crippen molar-refractivity contribution in [2.45, 2.75) is 44.8 Å². The zero-order chi connectivity index (χ0) is 13.0. The minimum atomic E-state index is -0.332. The van der Waals surface area contributed by atoms with Crippen LogP contribution in [0.5, 0.6) is 5.75 Å². The van der Waals surface area contributed by atoms with Gasteiger partial charge in [-0.05, 0) is 37.9 Å². The lowest BCUT2D eigenvalue weighted by Crippen LogP contribution is -2.44. The highest BCUT2D eigenvalue weighted by molar-refractivity contribution is 5.37. The first-order valence-corrected chi connectivity index (χ1v) is 6.75. The lowest BCUT2D eigenvalue weighted by molar-refractivity contribution is 0.112. The number of nitrogens with one attached hydrogen (secondary N) is 1. The van der Waals surface area contributed by atoms with E-state index in [0.717, 1.165) is 24.3 Å². The van der Waals surface area contributed by atoms with E-state index >= 15 is 0 Å². The van der Waals surface area contributed by atoms with Crippen molar-refractivity contribution in [2.75, 3.05) is 13.7 Å². The SMILES string of the molecule is COc1ccc(C)cc1CC(O)C1CCCCN1. The number of benzene rings is 1. The van der Waals surface area contributed by atoms with Gasteiger partial charge in [-0.1, -0.05) is 24.1 Å². The third kappa shape index (κ3) is 3.24. The van der Waals surface area contributed by atoms with E-state index in [9.17, 15) is 5.11 Å². The summed E-state index contributed by atoms with van der Waals surface area (Å²) >= 11 is 0. The Hall–Kier alpha value is -1.06. The summed E-state index contributed by atoms with van der Waals surface area (Å²) in [5, 5.41) is 13.7. The van der Waals surface area contributed by atoms with Crippen molar-refractivity contribution in [1.82, 2.24) is 5.32 Å². The van der Waals surface area contributed by atoms with Gasteiger partial charge in [0.2, 0.25) is 0 Å². The van der Waals surface area contributed by atoms with Crippen molar-refractivity contribution in [3.63, 3.8) is 0 Å². The van der Waals surface area contributed by atoms with Crippen LogP contribution in [0.4, 0.5) is 0 Å². The first kappa shape index (κ1) is 13.4. The average molecular weight is 249 g/mol. The Morgan fingerprint density at radius 2 is 2.28 bits per heavy atom. The molecule has 0 spiro atoms. The maximum atomic E-state index is 10.3. The molecule has 1 aromatic rings. The van der Waals surface area contributed by atoms with E-state index in [1.54, 1.807) is 7.11 Å². The Morgan fingerprint density at radius 3 is 2.94 bits per heavy atom. The van der Waals surface area contributed by atoms with Gasteiger partial charge in [0, 0.05) is 12.5 Å². The molecule has 2 N–H and O–H groups in total. The quantitative estimate of drug-likeness (QED) is 0.858. The number of hydrogen-bond donors (Lipinski definition) is 2.